The zero-order valence-corrected chi connectivity index (χ0v) is 16.9. The number of fused-ring (bicyclic) bond motifs is 1. The molecule has 0 saturated carbocycles. The molecule has 0 saturated heterocycles. The van der Waals surface area contributed by atoms with Crippen LogP contribution in [0.5, 0.6) is 17.2 Å². The largest absolute Gasteiger partial charge is 0.497 e. The molecule has 0 amide bonds. The number of rotatable bonds is 8. The predicted octanol–water partition coefficient (Wildman–Crippen LogP) is 4.57. The molecule has 3 aromatic rings. The van der Waals surface area contributed by atoms with Gasteiger partial charge in [-0.3, -0.25) is 4.98 Å². The standard InChI is InChI=1S/C22H24N2O5/c1-5-28-15-8-9-18-16(11-15)21(17(13-23-18)22(25)29-6-2)24-19-10-7-14(26-3)12-20(19)27-4/h7-13H,5-6H2,1-4H3,(H,23,24). The zero-order valence-electron chi connectivity index (χ0n) is 16.9. The summed E-state index contributed by atoms with van der Waals surface area (Å²) >= 11 is 0. The van der Waals surface area contributed by atoms with Gasteiger partial charge in [0.1, 0.15) is 22.8 Å². The van der Waals surface area contributed by atoms with Crippen LogP contribution in [0.4, 0.5) is 11.4 Å². The lowest BCUT2D eigenvalue weighted by atomic mass is 10.1. The predicted molar refractivity (Wildman–Crippen MR) is 112 cm³/mol. The fourth-order valence-corrected chi connectivity index (χ4v) is 2.96. The van der Waals surface area contributed by atoms with Crippen molar-refractivity contribution in [3.8, 4) is 17.2 Å². The highest BCUT2D eigenvalue weighted by Gasteiger charge is 2.19. The van der Waals surface area contributed by atoms with E-state index in [1.54, 1.807) is 27.2 Å². The van der Waals surface area contributed by atoms with Crippen LogP contribution in [-0.2, 0) is 4.74 Å². The van der Waals surface area contributed by atoms with Crippen molar-refractivity contribution in [3.05, 3.63) is 48.2 Å². The average Bonchev–Trinajstić information content (AvgIpc) is 2.74. The monoisotopic (exact) mass is 396 g/mol. The van der Waals surface area contributed by atoms with E-state index < -0.39 is 5.97 Å². The Hall–Kier alpha value is -3.48. The van der Waals surface area contributed by atoms with Crippen molar-refractivity contribution in [2.24, 2.45) is 0 Å². The third kappa shape index (κ3) is 4.34. The minimum atomic E-state index is -0.460. The fraction of sp³-hybridized carbons (Fsp3) is 0.273. The number of benzene rings is 2. The van der Waals surface area contributed by atoms with Crippen molar-refractivity contribution >= 4 is 28.2 Å². The first-order valence-corrected chi connectivity index (χ1v) is 9.33. The summed E-state index contributed by atoms with van der Waals surface area (Å²) in [6, 6.07) is 11.0. The Kier molecular flexibility index (Phi) is 6.39. The van der Waals surface area contributed by atoms with Crippen LogP contribution in [0.15, 0.2) is 42.6 Å². The molecule has 1 heterocycles. The van der Waals surface area contributed by atoms with Crippen LogP contribution < -0.4 is 19.5 Å². The van der Waals surface area contributed by atoms with Gasteiger partial charge in [0.15, 0.2) is 0 Å². The van der Waals surface area contributed by atoms with Crippen molar-refractivity contribution in [3.63, 3.8) is 0 Å². The van der Waals surface area contributed by atoms with Crippen molar-refractivity contribution in [2.45, 2.75) is 13.8 Å². The van der Waals surface area contributed by atoms with Crippen LogP contribution >= 0.6 is 0 Å². The molecule has 7 heteroatoms. The highest BCUT2D eigenvalue weighted by atomic mass is 16.5. The first kappa shape index (κ1) is 20.3. The van der Waals surface area contributed by atoms with Crippen LogP contribution in [0.3, 0.4) is 0 Å². The van der Waals surface area contributed by atoms with Crippen molar-refractivity contribution < 1.29 is 23.7 Å². The van der Waals surface area contributed by atoms with E-state index in [1.165, 1.54) is 6.20 Å². The molecule has 1 aromatic heterocycles. The number of hydrogen-bond acceptors (Lipinski definition) is 7. The van der Waals surface area contributed by atoms with E-state index in [-0.39, 0.29) is 6.61 Å². The van der Waals surface area contributed by atoms with Gasteiger partial charge in [0.2, 0.25) is 0 Å². The first-order valence-electron chi connectivity index (χ1n) is 9.33. The van der Waals surface area contributed by atoms with E-state index in [2.05, 4.69) is 10.3 Å². The lowest BCUT2D eigenvalue weighted by Crippen LogP contribution is -2.09. The topological polar surface area (TPSA) is 78.9 Å². The summed E-state index contributed by atoms with van der Waals surface area (Å²) in [6.45, 7) is 4.48. The Balaban J connectivity index is 2.17. The summed E-state index contributed by atoms with van der Waals surface area (Å²) in [7, 11) is 3.16. The molecular formula is C22H24N2O5. The van der Waals surface area contributed by atoms with E-state index >= 15 is 0 Å². The first-order chi connectivity index (χ1) is 14.1. The van der Waals surface area contributed by atoms with Gasteiger partial charge in [-0.25, -0.2) is 4.79 Å². The normalized spacial score (nSPS) is 10.5. The van der Waals surface area contributed by atoms with E-state index in [1.807, 2.05) is 37.3 Å². The highest BCUT2D eigenvalue weighted by molar-refractivity contribution is 6.06. The molecule has 0 aliphatic carbocycles. The van der Waals surface area contributed by atoms with Gasteiger partial charge in [0.05, 0.1) is 44.3 Å². The number of ether oxygens (including phenoxy) is 4. The van der Waals surface area contributed by atoms with Gasteiger partial charge in [-0.2, -0.15) is 0 Å². The SMILES string of the molecule is CCOC(=O)c1cnc2ccc(OCC)cc2c1Nc1ccc(OC)cc1OC. The average molecular weight is 396 g/mol. The fourth-order valence-electron chi connectivity index (χ4n) is 2.96. The van der Waals surface area contributed by atoms with E-state index in [4.69, 9.17) is 18.9 Å². The third-order valence-corrected chi connectivity index (χ3v) is 4.31. The summed E-state index contributed by atoms with van der Waals surface area (Å²) in [5.41, 5.74) is 2.29. The number of carbonyl (C=O) groups excluding carboxylic acids is 1. The number of hydrogen-bond donors (Lipinski definition) is 1. The number of esters is 1. The Morgan fingerprint density at radius 1 is 1.00 bits per heavy atom. The van der Waals surface area contributed by atoms with Crippen LogP contribution in [0.2, 0.25) is 0 Å². The van der Waals surface area contributed by atoms with Crippen molar-refractivity contribution in [1.82, 2.24) is 4.98 Å². The number of anilines is 2. The maximum Gasteiger partial charge on any atom is 0.341 e. The summed E-state index contributed by atoms with van der Waals surface area (Å²) in [4.78, 5) is 17.0. The molecule has 29 heavy (non-hydrogen) atoms. The molecule has 0 aliphatic rings. The van der Waals surface area contributed by atoms with Crippen LogP contribution in [-0.4, -0.2) is 38.4 Å². The number of aromatic nitrogens is 1. The summed E-state index contributed by atoms with van der Waals surface area (Å²) < 4.78 is 21.6. The molecule has 0 atom stereocenters. The summed E-state index contributed by atoms with van der Waals surface area (Å²) in [5.74, 6) is 1.47. The molecule has 0 unspecified atom stereocenters. The van der Waals surface area contributed by atoms with Crippen molar-refractivity contribution in [1.29, 1.82) is 0 Å². The number of nitrogens with one attached hydrogen (secondary N) is 1. The maximum absolute atomic E-state index is 12.6. The highest BCUT2D eigenvalue weighted by Crippen LogP contribution is 2.36. The molecule has 1 N–H and O–H groups in total. The second kappa shape index (κ2) is 9.14. The molecule has 0 aliphatic heterocycles. The Morgan fingerprint density at radius 3 is 2.48 bits per heavy atom. The van der Waals surface area contributed by atoms with Gasteiger partial charge in [-0.15, -0.1) is 0 Å². The lowest BCUT2D eigenvalue weighted by Gasteiger charge is -2.17. The molecule has 3 rings (SSSR count). The minimum absolute atomic E-state index is 0.265. The smallest absolute Gasteiger partial charge is 0.341 e. The second-order valence-corrected chi connectivity index (χ2v) is 6.07. The van der Waals surface area contributed by atoms with Gasteiger partial charge < -0.3 is 24.3 Å². The molecule has 0 bridgehead atoms. The molecule has 0 spiro atoms. The van der Waals surface area contributed by atoms with Gasteiger partial charge in [0, 0.05) is 17.6 Å². The summed E-state index contributed by atoms with van der Waals surface area (Å²) in [6.07, 6.45) is 1.51. The molecule has 2 aromatic carbocycles. The second-order valence-electron chi connectivity index (χ2n) is 6.07. The number of methoxy groups -OCH3 is 2. The molecule has 0 radical (unpaired) electrons. The zero-order chi connectivity index (χ0) is 20.8. The van der Waals surface area contributed by atoms with Gasteiger partial charge in [0.25, 0.3) is 0 Å². The lowest BCUT2D eigenvalue weighted by molar-refractivity contribution is 0.0527. The van der Waals surface area contributed by atoms with E-state index in [9.17, 15) is 4.79 Å². The Morgan fingerprint density at radius 2 is 1.79 bits per heavy atom. The third-order valence-electron chi connectivity index (χ3n) is 4.31. The number of pyridine rings is 1. The Bertz CT molecular complexity index is 1020. The van der Waals surface area contributed by atoms with Gasteiger partial charge in [-0.1, -0.05) is 0 Å². The molecule has 152 valence electrons. The molecular weight excluding hydrogens is 372 g/mol. The quantitative estimate of drug-likeness (QED) is 0.559. The van der Waals surface area contributed by atoms with Crippen LogP contribution in [0, 0.1) is 0 Å². The molecule has 0 fully saturated rings. The van der Waals surface area contributed by atoms with Crippen LogP contribution in [0.1, 0.15) is 24.2 Å². The molecule has 7 nitrogen and oxygen atoms in total. The van der Waals surface area contributed by atoms with Gasteiger partial charge >= 0.3 is 5.97 Å². The summed E-state index contributed by atoms with van der Waals surface area (Å²) in [5, 5.41) is 4.05. The number of carbonyl (C=O) groups is 1. The number of nitrogens with zero attached hydrogens (tertiary/aromatic N) is 1. The van der Waals surface area contributed by atoms with E-state index in [0.29, 0.717) is 40.8 Å². The van der Waals surface area contributed by atoms with Crippen molar-refractivity contribution in [2.75, 3.05) is 32.8 Å². The van der Waals surface area contributed by atoms with Gasteiger partial charge in [-0.05, 0) is 44.2 Å². The van der Waals surface area contributed by atoms with Crippen LogP contribution in [0.25, 0.3) is 10.9 Å². The maximum atomic E-state index is 12.6. The van der Waals surface area contributed by atoms with E-state index in [0.717, 1.165) is 10.9 Å². The minimum Gasteiger partial charge on any atom is -0.497 e. The Labute approximate surface area is 169 Å².